The van der Waals surface area contributed by atoms with Crippen molar-refractivity contribution in [3.8, 4) is 11.1 Å². The summed E-state index contributed by atoms with van der Waals surface area (Å²) >= 11 is 11.5. The van der Waals surface area contributed by atoms with Crippen LogP contribution in [0.15, 0.2) is 35.4 Å². The second-order valence-electron chi connectivity index (χ2n) is 3.69. The van der Waals surface area contributed by atoms with Crippen molar-refractivity contribution in [1.82, 2.24) is 4.98 Å². The van der Waals surface area contributed by atoms with Crippen LogP contribution in [0.25, 0.3) is 11.1 Å². The van der Waals surface area contributed by atoms with Crippen LogP contribution in [-0.4, -0.2) is 18.0 Å². The van der Waals surface area contributed by atoms with E-state index in [4.69, 9.17) is 28.9 Å². The summed E-state index contributed by atoms with van der Waals surface area (Å²) in [6, 6.07) is 5.96. The maximum Gasteiger partial charge on any atom is 0.298 e. The van der Waals surface area contributed by atoms with Gasteiger partial charge in [-0.2, -0.15) is 8.42 Å². The summed E-state index contributed by atoms with van der Waals surface area (Å²) in [5.41, 5.74) is 6.61. The molecule has 5 nitrogen and oxygen atoms in total. The number of halogens is 2. The van der Waals surface area contributed by atoms with Gasteiger partial charge in [-0.05, 0) is 18.2 Å². The quantitative estimate of drug-likeness (QED) is 0.504. The van der Waals surface area contributed by atoms with Gasteiger partial charge in [-0.1, -0.05) is 29.3 Å². The lowest BCUT2D eigenvalue weighted by atomic mass is 10.1. The Morgan fingerprint density at radius 3 is 2.42 bits per heavy atom. The SMILES string of the molecule is Nc1cc(Cl)ccc1-c1ccnc(Cl)c1S(=O)(=O)O. The lowest BCUT2D eigenvalue weighted by molar-refractivity contribution is 0.483. The maximum atomic E-state index is 11.4. The molecule has 19 heavy (non-hydrogen) atoms. The van der Waals surface area contributed by atoms with Gasteiger partial charge in [0.25, 0.3) is 10.1 Å². The zero-order valence-corrected chi connectivity index (χ0v) is 11.7. The minimum atomic E-state index is -4.52. The Balaban J connectivity index is 2.80. The van der Waals surface area contributed by atoms with Crippen molar-refractivity contribution in [2.45, 2.75) is 4.90 Å². The highest BCUT2D eigenvalue weighted by Gasteiger charge is 2.22. The zero-order valence-electron chi connectivity index (χ0n) is 9.34. The molecule has 0 atom stereocenters. The Morgan fingerprint density at radius 2 is 1.84 bits per heavy atom. The molecule has 8 heteroatoms. The number of hydrogen-bond donors (Lipinski definition) is 2. The number of nitrogen functional groups attached to an aromatic ring is 1. The summed E-state index contributed by atoms with van der Waals surface area (Å²) in [5.74, 6) is 0. The maximum absolute atomic E-state index is 11.4. The van der Waals surface area contributed by atoms with Crippen molar-refractivity contribution in [2.75, 3.05) is 5.73 Å². The van der Waals surface area contributed by atoms with Gasteiger partial charge < -0.3 is 5.73 Å². The molecule has 0 aliphatic carbocycles. The number of benzene rings is 1. The third-order valence-electron chi connectivity index (χ3n) is 2.42. The minimum Gasteiger partial charge on any atom is -0.398 e. The van der Waals surface area contributed by atoms with Crippen LogP contribution < -0.4 is 5.73 Å². The van der Waals surface area contributed by atoms with E-state index in [1.54, 1.807) is 6.07 Å². The van der Waals surface area contributed by atoms with E-state index >= 15 is 0 Å². The smallest absolute Gasteiger partial charge is 0.298 e. The number of rotatable bonds is 2. The van der Waals surface area contributed by atoms with Gasteiger partial charge in [-0.25, -0.2) is 4.98 Å². The molecule has 0 aliphatic rings. The summed E-state index contributed by atoms with van der Waals surface area (Å²) in [4.78, 5) is 3.16. The van der Waals surface area contributed by atoms with E-state index in [9.17, 15) is 13.0 Å². The van der Waals surface area contributed by atoms with Gasteiger partial charge in [0, 0.05) is 28.0 Å². The normalized spacial score (nSPS) is 11.5. The van der Waals surface area contributed by atoms with E-state index in [0.717, 1.165) is 0 Å². The zero-order chi connectivity index (χ0) is 14.2. The molecule has 0 radical (unpaired) electrons. The molecule has 0 saturated heterocycles. The number of anilines is 1. The van der Waals surface area contributed by atoms with Crippen molar-refractivity contribution < 1.29 is 13.0 Å². The Hall–Kier alpha value is -1.34. The molecule has 100 valence electrons. The van der Waals surface area contributed by atoms with Crippen molar-refractivity contribution in [2.24, 2.45) is 0 Å². The van der Waals surface area contributed by atoms with E-state index in [-0.39, 0.29) is 16.4 Å². The van der Waals surface area contributed by atoms with E-state index in [0.29, 0.717) is 10.6 Å². The van der Waals surface area contributed by atoms with Gasteiger partial charge in [0.05, 0.1) is 0 Å². The Labute approximate surface area is 119 Å². The first-order valence-corrected chi connectivity index (χ1v) is 7.17. The molecule has 0 fully saturated rings. The average molecular weight is 319 g/mol. The molecule has 0 saturated carbocycles. The lowest BCUT2D eigenvalue weighted by Crippen LogP contribution is -2.04. The second kappa shape index (κ2) is 4.97. The Morgan fingerprint density at radius 1 is 1.16 bits per heavy atom. The van der Waals surface area contributed by atoms with Crippen LogP contribution in [0.3, 0.4) is 0 Å². The molecule has 1 aromatic heterocycles. The van der Waals surface area contributed by atoms with E-state index in [1.807, 2.05) is 0 Å². The first-order chi connectivity index (χ1) is 8.80. The molecular formula is C11H8Cl2N2O3S. The Bertz CT molecular complexity index is 748. The first kappa shape index (κ1) is 14.1. The van der Waals surface area contributed by atoms with Crippen LogP contribution in [0.4, 0.5) is 5.69 Å². The molecule has 1 heterocycles. The van der Waals surface area contributed by atoms with Crippen LogP contribution in [0, 0.1) is 0 Å². The number of hydrogen-bond acceptors (Lipinski definition) is 4. The molecule has 0 aliphatic heterocycles. The molecule has 1 aromatic carbocycles. The molecule has 0 amide bonds. The molecule has 3 N–H and O–H groups in total. The predicted octanol–water partition coefficient (Wildman–Crippen LogP) is 2.88. The molecule has 0 bridgehead atoms. The van der Waals surface area contributed by atoms with Crippen molar-refractivity contribution in [3.05, 3.63) is 40.6 Å². The third kappa shape index (κ3) is 2.82. The van der Waals surface area contributed by atoms with Gasteiger partial charge in [0.15, 0.2) is 5.15 Å². The number of pyridine rings is 1. The van der Waals surface area contributed by atoms with Gasteiger partial charge in [-0.15, -0.1) is 0 Å². The highest BCUT2D eigenvalue weighted by molar-refractivity contribution is 7.86. The highest BCUT2D eigenvalue weighted by Crippen LogP contribution is 2.35. The van der Waals surface area contributed by atoms with E-state index < -0.39 is 15.0 Å². The van der Waals surface area contributed by atoms with Gasteiger partial charge in [0.1, 0.15) is 4.90 Å². The monoisotopic (exact) mass is 318 g/mol. The standard InChI is InChI=1S/C11H8Cl2N2O3S/c12-6-1-2-7(9(14)5-6)8-3-4-15-11(13)10(8)19(16,17)18/h1-5H,14H2,(H,16,17,18). The molecule has 0 unspecified atom stereocenters. The van der Waals surface area contributed by atoms with Crippen molar-refractivity contribution in [1.29, 1.82) is 0 Å². The molecule has 2 aromatic rings. The van der Waals surface area contributed by atoms with Gasteiger partial charge >= 0.3 is 0 Å². The molecule has 0 spiro atoms. The fraction of sp³-hybridized carbons (Fsp3) is 0. The van der Waals surface area contributed by atoms with Crippen LogP contribution in [0.2, 0.25) is 10.2 Å². The summed E-state index contributed by atoms with van der Waals surface area (Å²) in [6.07, 6.45) is 1.32. The fourth-order valence-corrected chi connectivity index (χ4v) is 3.01. The largest absolute Gasteiger partial charge is 0.398 e. The topological polar surface area (TPSA) is 93.3 Å². The van der Waals surface area contributed by atoms with Gasteiger partial charge in [0.2, 0.25) is 0 Å². The van der Waals surface area contributed by atoms with Crippen LogP contribution in [0.1, 0.15) is 0 Å². The minimum absolute atomic E-state index is 0.164. The van der Waals surface area contributed by atoms with Crippen LogP contribution in [-0.2, 0) is 10.1 Å². The van der Waals surface area contributed by atoms with Gasteiger partial charge in [-0.3, -0.25) is 4.55 Å². The van der Waals surface area contributed by atoms with Crippen LogP contribution >= 0.6 is 23.2 Å². The van der Waals surface area contributed by atoms with Crippen molar-refractivity contribution >= 4 is 39.0 Å². The molecular weight excluding hydrogens is 311 g/mol. The van der Waals surface area contributed by atoms with Crippen LogP contribution in [0.5, 0.6) is 0 Å². The number of nitrogens with zero attached hydrogens (tertiary/aromatic N) is 1. The number of nitrogens with two attached hydrogens (primary N) is 1. The third-order valence-corrected chi connectivity index (χ3v) is 3.99. The first-order valence-electron chi connectivity index (χ1n) is 4.98. The van der Waals surface area contributed by atoms with E-state index in [1.165, 1.54) is 24.4 Å². The summed E-state index contributed by atoms with van der Waals surface area (Å²) in [7, 11) is -4.52. The average Bonchev–Trinajstić information content (AvgIpc) is 2.26. The number of aromatic nitrogens is 1. The summed E-state index contributed by atoms with van der Waals surface area (Å²) in [6.45, 7) is 0. The highest BCUT2D eigenvalue weighted by atomic mass is 35.5. The summed E-state index contributed by atoms with van der Waals surface area (Å²) < 4.78 is 32.0. The van der Waals surface area contributed by atoms with E-state index in [2.05, 4.69) is 4.98 Å². The second-order valence-corrected chi connectivity index (χ2v) is 5.84. The lowest BCUT2D eigenvalue weighted by Gasteiger charge is -2.10. The molecule has 2 rings (SSSR count). The fourth-order valence-electron chi connectivity index (χ4n) is 1.66. The summed E-state index contributed by atoms with van der Waals surface area (Å²) in [5, 5.41) is 0.0872. The Kier molecular flexibility index (Phi) is 3.69. The predicted molar refractivity (Wildman–Crippen MR) is 73.9 cm³/mol. The van der Waals surface area contributed by atoms with Crippen molar-refractivity contribution in [3.63, 3.8) is 0 Å².